The van der Waals surface area contributed by atoms with E-state index >= 15 is 0 Å². The van der Waals surface area contributed by atoms with Crippen molar-refractivity contribution in [3.8, 4) is 11.3 Å². The van der Waals surface area contributed by atoms with E-state index in [0.29, 0.717) is 0 Å². The first-order chi connectivity index (χ1) is 10.0. The second-order valence-corrected chi connectivity index (χ2v) is 8.09. The number of hydrogen-bond acceptors (Lipinski definition) is 2. The fraction of sp³-hybridized carbons (Fsp3) is 0.222. The van der Waals surface area contributed by atoms with Gasteiger partial charge in [0.2, 0.25) is 0 Å². The maximum atomic E-state index is 4.76. The fourth-order valence-electron chi connectivity index (χ4n) is 2.27. The predicted octanol–water partition coefficient (Wildman–Crippen LogP) is 4.99. The Hall–Kier alpha value is -1.49. The number of alkyl halides is 1. The van der Waals surface area contributed by atoms with Gasteiger partial charge < -0.3 is 0 Å². The summed E-state index contributed by atoms with van der Waals surface area (Å²) in [6, 6.07) is 8.39. The molecule has 1 aliphatic rings. The van der Waals surface area contributed by atoms with Crippen molar-refractivity contribution in [1.82, 2.24) is 9.97 Å². The third-order valence-corrected chi connectivity index (χ3v) is 4.41. The number of aryl methyl sites for hydroxylation is 1. The van der Waals surface area contributed by atoms with E-state index in [1.54, 1.807) is 0 Å². The smallest absolute Gasteiger partial charge is 0.0892 e. The Bertz CT molecular complexity index is 712. The number of rotatable bonds is 2. The average Bonchev–Trinajstić information content (AvgIpc) is 2.48. The van der Waals surface area contributed by atoms with Crippen LogP contribution in [-0.4, -0.2) is 13.4 Å². The lowest BCUT2D eigenvalue weighted by Gasteiger charge is -2.20. The number of halogens is 1. The van der Waals surface area contributed by atoms with E-state index < -0.39 is 0 Å². The number of allylic oxidation sites excluding steroid dienone is 4. The van der Waals surface area contributed by atoms with E-state index in [4.69, 9.17) is 4.98 Å². The SMILES string of the molecule is Cc1ccc(-c2cncc(C3=CC[C@](C)(I)C=C3)n2)cc1. The van der Waals surface area contributed by atoms with E-state index in [-0.39, 0.29) is 3.42 Å². The zero-order valence-electron chi connectivity index (χ0n) is 12.2. The van der Waals surface area contributed by atoms with Crippen molar-refractivity contribution in [2.45, 2.75) is 23.7 Å². The zero-order chi connectivity index (χ0) is 14.9. The summed E-state index contributed by atoms with van der Waals surface area (Å²) in [5, 5.41) is 0. The quantitative estimate of drug-likeness (QED) is 0.535. The molecule has 0 N–H and O–H groups in total. The van der Waals surface area contributed by atoms with Crippen LogP contribution in [0.2, 0.25) is 0 Å². The van der Waals surface area contributed by atoms with E-state index in [1.807, 2.05) is 12.4 Å². The molecule has 2 aromatic rings. The Morgan fingerprint density at radius 2 is 1.81 bits per heavy atom. The summed E-state index contributed by atoms with van der Waals surface area (Å²) in [6.45, 7) is 4.32. The molecule has 0 bridgehead atoms. The van der Waals surface area contributed by atoms with Crippen LogP contribution in [0.1, 0.15) is 24.6 Å². The Morgan fingerprint density at radius 3 is 2.48 bits per heavy atom. The molecule has 0 unspecified atom stereocenters. The van der Waals surface area contributed by atoms with Gasteiger partial charge in [-0.15, -0.1) is 0 Å². The average molecular weight is 388 g/mol. The van der Waals surface area contributed by atoms with Gasteiger partial charge in [-0.2, -0.15) is 0 Å². The van der Waals surface area contributed by atoms with Crippen molar-refractivity contribution < 1.29 is 0 Å². The monoisotopic (exact) mass is 388 g/mol. The highest BCUT2D eigenvalue weighted by Crippen LogP contribution is 2.32. The molecule has 1 heterocycles. The van der Waals surface area contributed by atoms with Crippen molar-refractivity contribution in [3.63, 3.8) is 0 Å². The third kappa shape index (κ3) is 3.40. The Balaban J connectivity index is 1.93. The Morgan fingerprint density at radius 1 is 1.10 bits per heavy atom. The highest BCUT2D eigenvalue weighted by Gasteiger charge is 2.19. The van der Waals surface area contributed by atoms with Crippen LogP contribution in [0.5, 0.6) is 0 Å². The minimum Gasteiger partial charge on any atom is -0.260 e. The Kier molecular flexibility index (Phi) is 3.93. The molecule has 0 spiro atoms. The largest absolute Gasteiger partial charge is 0.260 e. The summed E-state index contributed by atoms with van der Waals surface area (Å²) in [5.74, 6) is 0. The molecule has 0 saturated heterocycles. The standard InChI is InChI=1S/C18H17IN2/c1-13-3-5-14(6-4-13)16-11-20-12-17(21-16)15-7-9-18(2,19)10-8-15/h3-9,11-12H,10H2,1-2H3/t18-/m1/s1. The van der Waals surface area contributed by atoms with Gasteiger partial charge in [-0.25, -0.2) is 4.98 Å². The first kappa shape index (κ1) is 14.4. The van der Waals surface area contributed by atoms with Gasteiger partial charge in [0.05, 0.1) is 23.8 Å². The van der Waals surface area contributed by atoms with Crippen LogP contribution in [0.3, 0.4) is 0 Å². The van der Waals surface area contributed by atoms with Gasteiger partial charge in [-0.05, 0) is 25.8 Å². The Labute approximate surface area is 139 Å². The topological polar surface area (TPSA) is 25.8 Å². The van der Waals surface area contributed by atoms with Crippen molar-refractivity contribution in [2.75, 3.05) is 0 Å². The lowest BCUT2D eigenvalue weighted by atomic mass is 9.97. The first-order valence-corrected chi connectivity index (χ1v) is 8.09. The predicted molar refractivity (Wildman–Crippen MR) is 96.4 cm³/mol. The van der Waals surface area contributed by atoms with Gasteiger partial charge in [-0.3, -0.25) is 4.98 Å². The second kappa shape index (κ2) is 5.72. The number of nitrogens with zero attached hydrogens (tertiary/aromatic N) is 2. The van der Waals surface area contributed by atoms with Crippen LogP contribution in [0, 0.1) is 6.92 Å². The fourth-order valence-corrected chi connectivity index (χ4v) is 2.67. The maximum absolute atomic E-state index is 4.76. The number of aromatic nitrogens is 2. The van der Waals surface area contributed by atoms with Crippen LogP contribution in [-0.2, 0) is 0 Å². The van der Waals surface area contributed by atoms with Crippen LogP contribution in [0.15, 0.2) is 54.9 Å². The van der Waals surface area contributed by atoms with Gasteiger partial charge >= 0.3 is 0 Å². The normalized spacial score (nSPS) is 21.2. The first-order valence-electron chi connectivity index (χ1n) is 7.01. The highest BCUT2D eigenvalue weighted by atomic mass is 127. The molecule has 106 valence electrons. The molecule has 3 rings (SSSR count). The lowest BCUT2D eigenvalue weighted by Crippen LogP contribution is -2.12. The molecule has 0 fully saturated rings. The van der Waals surface area contributed by atoms with Crippen molar-refractivity contribution in [2.24, 2.45) is 0 Å². The molecule has 0 saturated carbocycles. The van der Waals surface area contributed by atoms with Crippen molar-refractivity contribution >= 4 is 28.2 Å². The van der Waals surface area contributed by atoms with E-state index in [9.17, 15) is 0 Å². The molecule has 1 aromatic carbocycles. The maximum Gasteiger partial charge on any atom is 0.0892 e. The molecule has 3 heteroatoms. The summed E-state index contributed by atoms with van der Waals surface area (Å²) in [5.41, 5.74) is 5.38. The minimum atomic E-state index is 0.212. The van der Waals surface area contributed by atoms with E-state index in [0.717, 1.165) is 28.9 Å². The van der Waals surface area contributed by atoms with Crippen LogP contribution in [0.25, 0.3) is 16.8 Å². The number of benzene rings is 1. The molecule has 1 atom stereocenters. The van der Waals surface area contributed by atoms with E-state index in [2.05, 4.69) is 83.9 Å². The van der Waals surface area contributed by atoms with Crippen LogP contribution in [0.4, 0.5) is 0 Å². The van der Waals surface area contributed by atoms with Gasteiger partial charge in [0.1, 0.15) is 0 Å². The molecular weight excluding hydrogens is 371 g/mol. The summed E-state index contributed by atoms with van der Waals surface area (Å²) in [7, 11) is 0. The van der Waals surface area contributed by atoms with Gasteiger partial charge in [0, 0.05) is 8.99 Å². The molecule has 0 amide bonds. The van der Waals surface area contributed by atoms with Crippen molar-refractivity contribution in [3.05, 3.63) is 66.1 Å². The minimum absolute atomic E-state index is 0.212. The summed E-state index contributed by atoms with van der Waals surface area (Å²) >= 11 is 2.47. The molecule has 0 radical (unpaired) electrons. The van der Waals surface area contributed by atoms with Gasteiger partial charge in [0.25, 0.3) is 0 Å². The summed E-state index contributed by atoms with van der Waals surface area (Å²) in [4.78, 5) is 9.12. The van der Waals surface area contributed by atoms with Gasteiger partial charge in [0.15, 0.2) is 0 Å². The van der Waals surface area contributed by atoms with E-state index in [1.165, 1.54) is 5.56 Å². The highest BCUT2D eigenvalue weighted by molar-refractivity contribution is 14.1. The molecule has 2 nitrogen and oxygen atoms in total. The lowest BCUT2D eigenvalue weighted by molar-refractivity contribution is 0.838. The molecule has 21 heavy (non-hydrogen) atoms. The third-order valence-electron chi connectivity index (χ3n) is 3.61. The molecule has 0 aliphatic heterocycles. The van der Waals surface area contributed by atoms with Crippen LogP contribution >= 0.6 is 22.6 Å². The molecule has 1 aromatic heterocycles. The number of hydrogen-bond donors (Lipinski definition) is 0. The summed E-state index contributed by atoms with van der Waals surface area (Å²) < 4.78 is 0.212. The second-order valence-electron chi connectivity index (χ2n) is 5.63. The zero-order valence-corrected chi connectivity index (χ0v) is 14.3. The van der Waals surface area contributed by atoms with Crippen LogP contribution < -0.4 is 0 Å². The van der Waals surface area contributed by atoms with Gasteiger partial charge in [-0.1, -0.05) is 70.6 Å². The molecular formula is C18H17IN2. The molecule has 1 aliphatic carbocycles. The summed E-state index contributed by atoms with van der Waals surface area (Å²) in [6.07, 6.45) is 11.3. The van der Waals surface area contributed by atoms with Crippen molar-refractivity contribution in [1.29, 1.82) is 0 Å².